The molecule has 1 aliphatic heterocycles. The Balaban J connectivity index is 1.44. The number of rotatable bonds is 4. The SMILES string of the molecule is O=C(CN1Cc2cccc[n+]2C1)c1ccc(-c2ccccc2)cc1. The van der Waals surface area contributed by atoms with Crippen LogP contribution in [0.25, 0.3) is 11.1 Å². The van der Waals surface area contributed by atoms with E-state index >= 15 is 0 Å². The molecule has 118 valence electrons. The summed E-state index contributed by atoms with van der Waals surface area (Å²) in [5.41, 5.74) is 4.33. The molecule has 0 saturated heterocycles. The molecule has 0 radical (unpaired) electrons. The Labute approximate surface area is 141 Å². The highest BCUT2D eigenvalue weighted by Gasteiger charge is 2.26. The third-order valence-electron chi connectivity index (χ3n) is 4.45. The fourth-order valence-electron chi connectivity index (χ4n) is 3.17. The zero-order chi connectivity index (χ0) is 16.4. The molecular formula is C21H19N2O+. The topological polar surface area (TPSA) is 24.2 Å². The van der Waals surface area contributed by atoms with Crippen molar-refractivity contribution in [3.05, 3.63) is 90.3 Å². The highest BCUT2D eigenvalue weighted by molar-refractivity contribution is 5.98. The Kier molecular flexibility index (Phi) is 3.93. The lowest BCUT2D eigenvalue weighted by atomic mass is 10.0. The summed E-state index contributed by atoms with van der Waals surface area (Å²) in [4.78, 5) is 14.7. The number of carbonyl (C=O) groups is 1. The van der Waals surface area contributed by atoms with Gasteiger partial charge >= 0.3 is 0 Å². The molecule has 2 heterocycles. The van der Waals surface area contributed by atoms with Crippen LogP contribution in [-0.4, -0.2) is 17.2 Å². The predicted molar refractivity (Wildman–Crippen MR) is 93.3 cm³/mol. The number of aromatic nitrogens is 1. The minimum absolute atomic E-state index is 0.169. The first kappa shape index (κ1) is 14.8. The van der Waals surface area contributed by atoms with Gasteiger partial charge < -0.3 is 0 Å². The molecule has 3 nitrogen and oxygen atoms in total. The van der Waals surface area contributed by atoms with Gasteiger partial charge in [0.15, 0.2) is 17.7 Å². The molecule has 0 bridgehead atoms. The van der Waals surface area contributed by atoms with Crippen molar-refractivity contribution < 1.29 is 9.36 Å². The quantitative estimate of drug-likeness (QED) is 0.545. The lowest BCUT2D eigenvalue weighted by Gasteiger charge is -2.10. The van der Waals surface area contributed by atoms with E-state index in [-0.39, 0.29) is 5.78 Å². The second kappa shape index (κ2) is 6.38. The van der Waals surface area contributed by atoms with Crippen molar-refractivity contribution in [1.29, 1.82) is 0 Å². The summed E-state index contributed by atoms with van der Waals surface area (Å²) >= 11 is 0. The minimum atomic E-state index is 0.169. The molecule has 0 amide bonds. The molecule has 0 atom stereocenters. The molecular weight excluding hydrogens is 296 g/mol. The van der Waals surface area contributed by atoms with E-state index in [9.17, 15) is 4.79 Å². The van der Waals surface area contributed by atoms with Gasteiger partial charge in [-0.05, 0) is 11.1 Å². The summed E-state index contributed by atoms with van der Waals surface area (Å²) in [5, 5.41) is 0. The van der Waals surface area contributed by atoms with Crippen LogP contribution in [0, 0.1) is 0 Å². The van der Waals surface area contributed by atoms with Crippen LogP contribution in [0.15, 0.2) is 79.0 Å². The minimum Gasteiger partial charge on any atom is -0.293 e. The third-order valence-corrected chi connectivity index (χ3v) is 4.45. The van der Waals surface area contributed by atoms with E-state index in [0.717, 1.165) is 24.3 Å². The number of fused-ring (bicyclic) bond motifs is 1. The van der Waals surface area contributed by atoms with Crippen molar-refractivity contribution in [3.63, 3.8) is 0 Å². The van der Waals surface area contributed by atoms with Crippen LogP contribution in [-0.2, 0) is 13.2 Å². The zero-order valence-electron chi connectivity index (χ0n) is 13.4. The van der Waals surface area contributed by atoms with Crippen molar-refractivity contribution in [2.45, 2.75) is 13.2 Å². The van der Waals surface area contributed by atoms with E-state index in [1.165, 1.54) is 11.3 Å². The summed E-state index contributed by atoms with van der Waals surface area (Å²) in [6.45, 7) is 2.06. The molecule has 0 unspecified atom stereocenters. The molecule has 4 rings (SSSR count). The van der Waals surface area contributed by atoms with Gasteiger partial charge in [-0.25, -0.2) is 4.90 Å². The van der Waals surface area contributed by atoms with Crippen molar-refractivity contribution >= 4 is 5.78 Å². The van der Waals surface area contributed by atoms with Gasteiger partial charge in [0.05, 0.1) is 13.1 Å². The number of hydrogen-bond acceptors (Lipinski definition) is 2. The second-order valence-corrected chi connectivity index (χ2v) is 6.16. The number of ketones is 1. The van der Waals surface area contributed by atoms with E-state index in [0.29, 0.717) is 6.54 Å². The van der Waals surface area contributed by atoms with E-state index in [2.05, 4.69) is 33.9 Å². The van der Waals surface area contributed by atoms with Crippen molar-refractivity contribution in [2.75, 3.05) is 6.54 Å². The van der Waals surface area contributed by atoms with E-state index in [1.54, 1.807) is 0 Å². The van der Waals surface area contributed by atoms with Gasteiger partial charge in [-0.3, -0.25) is 4.79 Å². The molecule has 3 heteroatoms. The van der Waals surface area contributed by atoms with Crippen LogP contribution < -0.4 is 4.57 Å². The Bertz CT molecular complexity index is 832. The number of hydrogen-bond donors (Lipinski definition) is 0. The lowest BCUT2D eigenvalue weighted by molar-refractivity contribution is -0.702. The van der Waals surface area contributed by atoms with Crippen LogP contribution in [0.4, 0.5) is 0 Å². The molecule has 24 heavy (non-hydrogen) atoms. The van der Waals surface area contributed by atoms with Crippen LogP contribution in [0.1, 0.15) is 16.1 Å². The van der Waals surface area contributed by atoms with Crippen molar-refractivity contribution in [1.82, 2.24) is 4.90 Å². The van der Waals surface area contributed by atoms with Crippen LogP contribution in [0.2, 0.25) is 0 Å². The number of pyridine rings is 1. The fourth-order valence-corrected chi connectivity index (χ4v) is 3.17. The van der Waals surface area contributed by atoms with Gasteiger partial charge in [0.2, 0.25) is 6.67 Å². The van der Waals surface area contributed by atoms with Crippen LogP contribution in [0.3, 0.4) is 0 Å². The summed E-state index contributed by atoms with van der Waals surface area (Å²) in [7, 11) is 0. The van der Waals surface area contributed by atoms with Gasteiger partial charge in [0, 0.05) is 17.7 Å². The van der Waals surface area contributed by atoms with Crippen molar-refractivity contribution in [2.24, 2.45) is 0 Å². The second-order valence-electron chi connectivity index (χ2n) is 6.16. The maximum Gasteiger partial charge on any atom is 0.205 e. The molecule has 2 aromatic carbocycles. The monoisotopic (exact) mass is 315 g/mol. The third kappa shape index (κ3) is 2.99. The summed E-state index contributed by atoms with van der Waals surface area (Å²) < 4.78 is 2.19. The number of carbonyl (C=O) groups excluding carboxylic acids is 1. The Morgan fingerprint density at radius 3 is 2.33 bits per heavy atom. The molecule has 0 fully saturated rings. The largest absolute Gasteiger partial charge is 0.293 e. The summed E-state index contributed by atoms with van der Waals surface area (Å²) in [5.74, 6) is 0.169. The Morgan fingerprint density at radius 1 is 0.875 bits per heavy atom. The average Bonchev–Trinajstić information content (AvgIpc) is 3.05. The number of nitrogens with zero attached hydrogens (tertiary/aromatic N) is 2. The average molecular weight is 315 g/mol. The first-order valence-electron chi connectivity index (χ1n) is 8.18. The first-order chi connectivity index (χ1) is 11.8. The molecule has 1 aromatic heterocycles. The van der Waals surface area contributed by atoms with E-state index in [4.69, 9.17) is 0 Å². The molecule has 3 aromatic rings. The van der Waals surface area contributed by atoms with Gasteiger partial charge in [0.25, 0.3) is 0 Å². The standard InChI is InChI=1S/C21H19N2O/c24-21(15-22-14-20-8-4-5-13-23(20)16-22)19-11-9-18(10-12-19)17-6-2-1-3-7-17/h1-13H,14-16H2/q+1. The maximum absolute atomic E-state index is 12.5. The normalized spacial score (nSPS) is 13.7. The van der Waals surface area contributed by atoms with Crippen molar-refractivity contribution in [3.8, 4) is 11.1 Å². The Morgan fingerprint density at radius 2 is 1.58 bits per heavy atom. The zero-order valence-corrected chi connectivity index (χ0v) is 13.4. The van der Waals surface area contributed by atoms with E-state index in [1.807, 2.05) is 54.6 Å². The number of Topliss-reactive ketones (excluding diaryl/α,β-unsaturated/α-hetero) is 1. The van der Waals surface area contributed by atoms with Gasteiger partial charge in [-0.2, -0.15) is 4.57 Å². The Hall–Kier alpha value is -2.78. The highest BCUT2D eigenvalue weighted by atomic mass is 16.1. The van der Waals surface area contributed by atoms with Gasteiger partial charge in [0.1, 0.15) is 0 Å². The van der Waals surface area contributed by atoms with Gasteiger partial charge in [-0.1, -0.05) is 60.7 Å². The summed E-state index contributed by atoms with van der Waals surface area (Å²) in [6, 6.07) is 24.3. The molecule has 0 spiro atoms. The summed E-state index contributed by atoms with van der Waals surface area (Å²) in [6.07, 6.45) is 2.06. The first-order valence-corrected chi connectivity index (χ1v) is 8.18. The fraction of sp³-hybridized carbons (Fsp3) is 0.143. The smallest absolute Gasteiger partial charge is 0.205 e. The van der Waals surface area contributed by atoms with E-state index < -0.39 is 0 Å². The molecule has 0 aliphatic carbocycles. The van der Waals surface area contributed by atoms with Crippen LogP contribution in [0.5, 0.6) is 0 Å². The lowest BCUT2D eigenvalue weighted by Crippen LogP contribution is -2.37. The molecule has 1 aliphatic rings. The number of benzene rings is 2. The molecule has 0 saturated carbocycles. The predicted octanol–water partition coefficient (Wildman–Crippen LogP) is 3.30. The molecule has 0 N–H and O–H groups in total. The maximum atomic E-state index is 12.5. The van der Waals surface area contributed by atoms with Crippen LogP contribution >= 0.6 is 0 Å². The highest BCUT2D eigenvalue weighted by Crippen LogP contribution is 2.19. The van der Waals surface area contributed by atoms with Gasteiger partial charge in [-0.15, -0.1) is 0 Å².